The van der Waals surface area contributed by atoms with Gasteiger partial charge in [0.25, 0.3) is 0 Å². The van der Waals surface area contributed by atoms with Gasteiger partial charge in [-0.2, -0.15) is 0 Å². The summed E-state index contributed by atoms with van der Waals surface area (Å²) in [5.74, 6) is -0.217. The molecule has 2 aromatic carbocycles. The number of carbonyl (C=O) groups is 2. The Morgan fingerprint density at radius 1 is 1.16 bits per heavy atom. The van der Waals surface area contributed by atoms with E-state index in [-0.39, 0.29) is 12.5 Å². The summed E-state index contributed by atoms with van der Waals surface area (Å²) < 4.78 is 5.42. The van der Waals surface area contributed by atoms with Crippen LogP contribution in [-0.4, -0.2) is 34.5 Å². The number of hydrogen-bond acceptors (Lipinski definition) is 5. The largest absolute Gasteiger partial charge is 0.445 e. The standard InChI is InChI=1S/C24H25N3O3S/c1-17-7-5-10-19(13-17)14-20-15-25-23(31-20)26-22(28)21-11-6-12-27(21)24(29)30-16-18-8-3-2-4-9-18/h2-5,7-10,13,15,21H,6,11-12,14,16H2,1H3,(H,25,26,28)/t21-/m0/s1. The molecule has 6 nitrogen and oxygen atoms in total. The predicted molar refractivity (Wildman–Crippen MR) is 121 cm³/mol. The Morgan fingerprint density at radius 3 is 2.77 bits per heavy atom. The van der Waals surface area contributed by atoms with Crippen LogP contribution in [-0.2, 0) is 22.6 Å². The average molecular weight is 436 g/mol. The Labute approximate surface area is 185 Å². The summed E-state index contributed by atoms with van der Waals surface area (Å²) in [5.41, 5.74) is 3.35. The summed E-state index contributed by atoms with van der Waals surface area (Å²) in [7, 11) is 0. The maximum Gasteiger partial charge on any atom is 0.410 e. The first-order valence-electron chi connectivity index (χ1n) is 10.4. The molecule has 3 aromatic rings. The van der Waals surface area contributed by atoms with Crippen LogP contribution in [0.3, 0.4) is 0 Å². The molecular formula is C24H25N3O3S. The number of carbonyl (C=O) groups excluding carboxylic acids is 2. The Balaban J connectivity index is 1.33. The van der Waals surface area contributed by atoms with Gasteiger partial charge in [0.05, 0.1) is 0 Å². The summed E-state index contributed by atoms with van der Waals surface area (Å²) in [6, 6.07) is 17.3. The number of nitrogens with zero attached hydrogens (tertiary/aromatic N) is 2. The van der Waals surface area contributed by atoms with Crippen molar-refractivity contribution in [1.29, 1.82) is 0 Å². The van der Waals surface area contributed by atoms with Crippen molar-refractivity contribution >= 4 is 28.5 Å². The average Bonchev–Trinajstić information content (AvgIpc) is 3.42. The van der Waals surface area contributed by atoms with E-state index in [0.29, 0.717) is 18.1 Å². The van der Waals surface area contributed by atoms with Gasteiger partial charge in [-0.3, -0.25) is 9.69 Å². The first kappa shape index (κ1) is 21.1. The second-order valence-electron chi connectivity index (χ2n) is 7.68. The number of ether oxygens (including phenoxy) is 1. The van der Waals surface area contributed by atoms with Gasteiger partial charge >= 0.3 is 6.09 Å². The summed E-state index contributed by atoms with van der Waals surface area (Å²) >= 11 is 1.46. The van der Waals surface area contributed by atoms with E-state index in [0.717, 1.165) is 23.3 Å². The Morgan fingerprint density at radius 2 is 1.97 bits per heavy atom. The predicted octanol–water partition coefficient (Wildman–Crippen LogP) is 4.78. The maximum atomic E-state index is 12.8. The number of hydrogen-bond donors (Lipinski definition) is 1. The number of rotatable bonds is 6. The monoisotopic (exact) mass is 435 g/mol. The summed E-state index contributed by atoms with van der Waals surface area (Å²) in [6.07, 6.45) is 3.50. The lowest BCUT2D eigenvalue weighted by Gasteiger charge is -2.22. The molecule has 1 aliphatic rings. The summed E-state index contributed by atoms with van der Waals surface area (Å²) in [4.78, 5) is 32.3. The van der Waals surface area contributed by atoms with E-state index in [1.807, 2.05) is 36.4 Å². The molecule has 0 saturated carbocycles. The molecule has 4 rings (SSSR count). The second-order valence-corrected chi connectivity index (χ2v) is 8.79. The third-order valence-electron chi connectivity index (χ3n) is 5.24. The molecule has 1 fully saturated rings. The van der Waals surface area contributed by atoms with E-state index in [4.69, 9.17) is 4.74 Å². The number of amides is 2. The van der Waals surface area contributed by atoms with Crippen LogP contribution in [0.15, 0.2) is 60.8 Å². The fourth-order valence-electron chi connectivity index (χ4n) is 3.72. The molecule has 0 spiro atoms. The molecule has 1 aliphatic heterocycles. The van der Waals surface area contributed by atoms with Crippen molar-refractivity contribution in [2.75, 3.05) is 11.9 Å². The van der Waals surface area contributed by atoms with Crippen LogP contribution in [0.5, 0.6) is 0 Å². The van der Waals surface area contributed by atoms with Crippen molar-refractivity contribution in [3.63, 3.8) is 0 Å². The van der Waals surface area contributed by atoms with E-state index < -0.39 is 12.1 Å². The van der Waals surface area contributed by atoms with Crippen molar-refractivity contribution in [3.8, 4) is 0 Å². The molecule has 2 amide bonds. The third kappa shape index (κ3) is 5.49. The van der Waals surface area contributed by atoms with Crippen LogP contribution >= 0.6 is 11.3 Å². The van der Waals surface area contributed by atoms with Gasteiger partial charge in [0.1, 0.15) is 12.6 Å². The third-order valence-corrected chi connectivity index (χ3v) is 6.15. The highest BCUT2D eigenvalue weighted by atomic mass is 32.1. The number of aromatic nitrogens is 1. The SMILES string of the molecule is Cc1cccc(Cc2cnc(NC(=O)[C@@H]3CCCN3C(=O)OCc3ccccc3)s2)c1. The lowest BCUT2D eigenvalue weighted by molar-refractivity contribution is -0.120. The minimum Gasteiger partial charge on any atom is -0.445 e. The fraction of sp³-hybridized carbons (Fsp3) is 0.292. The van der Waals surface area contributed by atoms with Gasteiger partial charge in [-0.25, -0.2) is 9.78 Å². The molecule has 2 heterocycles. The van der Waals surface area contributed by atoms with Gasteiger partial charge in [-0.1, -0.05) is 60.2 Å². The smallest absolute Gasteiger partial charge is 0.410 e. The van der Waals surface area contributed by atoms with Crippen molar-refractivity contribution in [1.82, 2.24) is 9.88 Å². The zero-order chi connectivity index (χ0) is 21.6. The maximum absolute atomic E-state index is 12.8. The zero-order valence-corrected chi connectivity index (χ0v) is 18.2. The normalized spacial score (nSPS) is 15.6. The van der Waals surface area contributed by atoms with Crippen molar-refractivity contribution in [2.45, 2.75) is 38.8 Å². The van der Waals surface area contributed by atoms with E-state index in [2.05, 4.69) is 35.4 Å². The molecule has 0 radical (unpaired) electrons. The van der Waals surface area contributed by atoms with E-state index >= 15 is 0 Å². The number of likely N-dealkylation sites (tertiary alicyclic amines) is 1. The lowest BCUT2D eigenvalue weighted by Crippen LogP contribution is -2.43. The van der Waals surface area contributed by atoms with Crippen molar-refractivity contribution in [3.05, 3.63) is 82.4 Å². The number of aryl methyl sites for hydroxylation is 1. The molecule has 1 aromatic heterocycles. The second kappa shape index (κ2) is 9.75. The number of thiazole rings is 1. The molecule has 160 valence electrons. The van der Waals surface area contributed by atoms with Gasteiger partial charge in [-0.05, 0) is 30.9 Å². The topological polar surface area (TPSA) is 71.5 Å². The van der Waals surface area contributed by atoms with Crippen molar-refractivity contribution < 1.29 is 14.3 Å². The van der Waals surface area contributed by atoms with E-state index in [1.165, 1.54) is 27.4 Å². The Hall–Kier alpha value is -3.19. The summed E-state index contributed by atoms with van der Waals surface area (Å²) in [6.45, 7) is 2.78. The first-order chi connectivity index (χ1) is 15.1. The highest BCUT2D eigenvalue weighted by molar-refractivity contribution is 7.15. The quantitative estimate of drug-likeness (QED) is 0.605. The number of anilines is 1. The molecule has 0 aliphatic carbocycles. The molecule has 31 heavy (non-hydrogen) atoms. The lowest BCUT2D eigenvalue weighted by atomic mass is 10.1. The minimum absolute atomic E-state index is 0.194. The van der Waals surface area contributed by atoms with Crippen LogP contribution < -0.4 is 5.32 Å². The van der Waals surface area contributed by atoms with Crippen LogP contribution in [0.1, 0.15) is 34.4 Å². The zero-order valence-electron chi connectivity index (χ0n) is 17.4. The van der Waals surface area contributed by atoms with Crippen LogP contribution in [0.25, 0.3) is 0 Å². The summed E-state index contributed by atoms with van der Waals surface area (Å²) in [5, 5.41) is 3.43. The molecule has 1 atom stereocenters. The molecule has 7 heteroatoms. The molecule has 1 N–H and O–H groups in total. The van der Waals surface area contributed by atoms with Crippen LogP contribution in [0.4, 0.5) is 9.93 Å². The van der Waals surface area contributed by atoms with Crippen molar-refractivity contribution in [2.24, 2.45) is 0 Å². The highest BCUT2D eigenvalue weighted by Crippen LogP contribution is 2.24. The van der Waals surface area contributed by atoms with Gasteiger partial charge in [0.2, 0.25) is 5.91 Å². The van der Waals surface area contributed by atoms with Crippen LogP contribution in [0, 0.1) is 6.92 Å². The van der Waals surface area contributed by atoms with Gasteiger partial charge < -0.3 is 10.1 Å². The minimum atomic E-state index is -0.535. The van der Waals surface area contributed by atoms with E-state index in [1.54, 1.807) is 6.20 Å². The van der Waals surface area contributed by atoms with Gasteiger partial charge in [0, 0.05) is 24.0 Å². The fourth-order valence-corrected chi connectivity index (χ4v) is 4.57. The Kier molecular flexibility index (Phi) is 6.62. The van der Waals surface area contributed by atoms with Gasteiger partial charge in [0.15, 0.2) is 5.13 Å². The van der Waals surface area contributed by atoms with Crippen LogP contribution in [0.2, 0.25) is 0 Å². The molecular weight excluding hydrogens is 410 g/mol. The molecule has 0 unspecified atom stereocenters. The first-order valence-corrected chi connectivity index (χ1v) is 11.2. The Bertz CT molecular complexity index is 1050. The molecule has 0 bridgehead atoms. The van der Waals surface area contributed by atoms with Gasteiger partial charge in [-0.15, -0.1) is 11.3 Å². The van der Waals surface area contributed by atoms with E-state index in [9.17, 15) is 9.59 Å². The number of nitrogens with one attached hydrogen (secondary N) is 1. The number of benzene rings is 2. The molecule has 1 saturated heterocycles. The highest BCUT2D eigenvalue weighted by Gasteiger charge is 2.35.